The van der Waals surface area contributed by atoms with Crippen molar-refractivity contribution in [2.75, 3.05) is 36.8 Å². The van der Waals surface area contributed by atoms with Crippen LogP contribution in [0, 0.1) is 6.92 Å². The van der Waals surface area contributed by atoms with Crippen LogP contribution in [-0.2, 0) is 6.54 Å². The van der Waals surface area contributed by atoms with Crippen LogP contribution in [0.3, 0.4) is 0 Å². The SMILES string of the molecule is Cc1cc(N2CCN(Cc3nnc(-c4ccco4)o3)CC2)nc(N)n1. The lowest BCUT2D eigenvalue weighted by Gasteiger charge is -2.34. The summed E-state index contributed by atoms with van der Waals surface area (Å²) in [6.07, 6.45) is 1.58. The summed E-state index contributed by atoms with van der Waals surface area (Å²) in [6, 6.07) is 5.55. The Balaban J connectivity index is 1.36. The summed E-state index contributed by atoms with van der Waals surface area (Å²) in [4.78, 5) is 12.9. The van der Waals surface area contributed by atoms with E-state index in [0.29, 0.717) is 30.0 Å². The summed E-state index contributed by atoms with van der Waals surface area (Å²) in [7, 11) is 0. The molecule has 1 saturated heterocycles. The molecule has 0 bridgehead atoms. The quantitative estimate of drug-likeness (QED) is 0.751. The highest BCUT2D eigenvalue weighted by molar-refractivity contribution is 5.44. The second kappa shape index (κ2) is 6.52. The molecular formula is C16H19N7O2. The lowest BCUT2D eigenvalue weighted by atomic mass is 10.3. The number of hydrogen-bond acceptors (Lipinski definition) is 9. The summed E-state index contributed by atoms with van der Waals surface area (Å²) < 4.78 is 10.9. The minimum atomic E-state index is 0.314. The maximum atomic E-state index is 5.74. The number of nitrogens with two attached hydrogens (primary N) is 1. The minimum Gasteiger partial charge on any atom is -0.459 e. The maximum absolute atomic E-state index is 5.74. The van der Waals surface area contributed by atoms with Crippen molar-refractivity contribution < 1.29 is 8.83 Å². The van der Waals surface area contributed by atoms with Crippen molar-refractivity contribution in [3.05, 3.63) is 36.0 Å². The van der Waals surface area contributed by atoms with Gasteiger partial charge < -0.3 is 19.5 Å². The van der Waals surface area contributed by atoms with E-state index in [4.69, 9.17) is 14.6 Å². The highest BCUT2D eigenvalue weighted by atomic mass is 16.4. The summed E-state index contributed by atoms with van der Waals surface area (Å²) in [5, 5.41) is 8.13. The Morgan fingerprint density at radius 1 is 1.16 bits per heavy atom. The molecule has 0 spiro atoms. The van der Waals surface area contributed by atoms with E-state index in [2.05, 4.69) is 30.0 Å². The molecule has 1 aliphatic rings. The van der Waals surface area contributed by atoms with Gasteiger partial charge in [0.2, 0.25) is 11.8 Å². The van der Waals surface area contributed by atoms with Crippen molar-refractivity contribution in [1.29, 1.82) is 0 Å². The number of rotatable bonds is 4. The molecule has 0 aromatic carbocycles. The van der Waals surface area contributed by atoms with Gasteiger partial charge in [0.25, 0.3) is 5.89 Å². The molecule has 25 heavy (non-hydrogen) atoms. The molecule has 4 rings (SSSR count). The number of aryl methyl sites for hydroxylation is 1. The van der Waals surface area contributed by atoms with Crippen molar-refractivity contribution in [2.24, 2.45) is 0 Å². The highest BCUT2D eigenvalue weighted by Crippen LogP contribution is 2.20. The number of piperazine rings is 1. The van der Waals surface area contributed by atoms with Gasteiger partial charge in [-0.05, 0) is 19.1 Å². The van der Waals surface area contributed by atoms with Crippen LogP contribution in [0.4, 0.5) is 11.8 Å². The molecule has 0 radical (unpaired) electrons. The van der Waals surface area contributed by atoms with Gasteiger partial charge in [0.1, 0.15) is 5.82 Å². The minimum absolute atomic E-state index is 0.314. The third kappa shape index (κ3) is 3.45. The van der Waals surface area contributed by atoms with Gasteiger partial charge in [0, 0.05) is 37.9 Å². The first kappa shape index (κ1) is 15.6. The Kier molecular flexibility index (Phi) is 4.06. The molecule has 1 aliphatic heterocycles. The van der Waals surface area contributed by atoms with Crippen LogP contribution in [0.1, 0.15) is 11.6 Å². The zero-order valence-corrected chi connectivity index (χ0v) is 13.9. The molecule has 0 unspecified atom stereocenters. The number of anilines is 2. The molecule has 3 aromatic rings. The average Bonchev–Trinajstić information content (AvgIpc) is 3.26. The molecule has 0 saturated carbocycles. The molecule has 9 nitrogen and oxygen atoms in total. The van der Waals surface area contributed by atoms with E-state index in [1.54, 1.807) is 18.4 Å². The van der Waals surface area contributed by atoms with E-state index < -0.39 is 0 Å². The van der Waals surface area contributed by atoms with Gasteiger partial charge in [-0.3, -0.25) is 4.90 Å². The van der Waals surface area contributed by atoms with Crippen LogP contribution in [0.25, 0.3) is 11.7 Å². The van der Waals surface area contributed by atoms with E-state index in [1.165, 1.54) is 0 Å². The van der Waals surface area contributed by atoms with Crippen LogP contribution in [0.15, 0.2) is 33.3 Å². The fourth-order valence-electron chi connectivity index (χ4n) is 2.88. The first-order chi connectivity index (χ1) is 12.2. The molecule has 9 heteroatoms. The molecule has 130 valence electrons. The smallest absolute Gasteiger partial charge is 0.283 e. The monoisotopic (exact) mass is 341 g/mol. The summed E-state index contributed by atoms with van der Waals surface area (Å²) in [5.74, 6) is 2.77. The van der Waals surface area contributed by atoms with Gasteiger partial charge in [-0.25, -0.2) is 4.98 Å². The Bertz CT molecular complexity index is 818. The van der Waals surface area contributed by atoms with Gasteiger partial charge in [-0.1, -0.05) is 0 Å². The number of hydrogen-bond donors (Lipinski definition) is 1. The first-order valence-electron chi connectivity index (χ1n) is 8.12. The van der Waals surface area contributed by atoms with Crippen molar-refractivity contribution >= 4 is 11.8 Å². The van der Waals surface area contributed by atoms with Gasteiger partial charge in [-0.15, -0.1) is 10.2 Å². The number of aromatic nitrogens is 4. The third-order valence-electron chi connectivity index (χ3n) is 4.11. The van der Waals surface area contributed by atoms with Crippen LogP contribution >= 0.6 is 0 Å². The van der Waals surface area contributed by atoms with Crippen molar-refractivity contribution in [3.63, 3.8) is 0 Å². The van der Waals surface area contributed by atoms with Crippen molar-refractivity contribution in [2.45, 2.75) is 13.5 Å². The van der Waals surface area contributed by atoms with E-state index in [9.17, 15) is 0 Å². The fourth-order valence-corrected chi connectivity index (χ4v) is 2.88. The second-order valence-electron chi connectivity index (χ2n) is 5.97. The fraction of sp³-hybridized carbons (Fsp3) is 0.375. The zero-order valence-electron chi connectivity index (χ0n) is 13.9. The summed E-state index contributed by atoms with van der Waals surface area (Å²) in [6.45, 7) is 6.00. The first-order valence-corrected chi connectivity index (χ1v) is 8.12. The predicted molar refractivity (Wildman–Crippen MR) is 90.7 cm³/mol. The molecule has 0 aliphatic carbocycles. The van der Waals surface area contributed by atoms with E-state index in [0.717, 1.165) is 37.7 Å². The Hall–Kier alpha value is -2.94. The van der Waals surface area contributed by atoms with E-state index in [1.807, 2.05) is 13.0 Å². The van der Waals surface area contributed by atoms with Crippen molar-refractivity contribution in [1.82, 2.24) is 25.1 Å². The molecule has 3 aromatic heterocycles. The molecule has 0 atom stereocenters. The molecule has 2 N–H and O–H groups in total. The van der Waals surface area contributed by atoms with Crippen LogP contribution in [0.5, 0.6) is 0 Å². The van der Waals surface area contributed by atoms with Crippen molar-refractivity contribution in [3.8, 4) is 11.7 Å². The predicted octanol–water partition coefficient (Wildman–Crippen LogP) is 1.33. The van der Waals surface area contributed by atoms with E-state index >= 15 is 0 Å². The lowest BCUT2D eigenvalue weighted by molar-refractivity contribution is 0.226. The van der Waals surface area contributed by atoms with Gasteiger partial charge in [0.15, 0.2) is 5.76 Å². The van der Waals surface area contributed by atoms with Gasteiger partial charge in [-0.2, -0.15) is 4.98 Å². The van der Waals surface area contributed by atoms with Gasteiger partial charge >= 0.3 is 0 Å². The highest BCUT2D eigenvalue weighted by Gasteiger charge is 2.21. The second-order valence-corrected chi connectivity index (χ2v) is 5.97. The Morgan fingerprint density at radius 3 is 2.72 bits per heavy atom. The number of nitrogen functional groups attached to an aromatic ring is 1. The van der Waals surface area contributed by atoms with Crippen LogP contribution in [0.2, 0.25) is 0 Å². The number of nitrogens with zero attached hydrogens (tertiary/aromatic N) is 6. The topological polar surface area (TPSA) is 110 Å². The van der Waals surface area contributed by atoms with Gasteiger partial charge in [0.05, 0.1) is 12.8 Å². The van der Waals surface area contributed by atoms with E-state index in [-0.39, 0.29) is 0 Å². The summed E-state index contributed by atoms with van der Waals surface area (Å²) >= 11 is 0. The molecule has 4 heterocycles. The normalized spacial score (nSPS) is 15.6. The molecular weight excluding hydrogens is 322 g/mol. The third-order valence-corrected chi connectivity index (χ3v) is 4.11. The molecule has 1 fully saturated rings. The zero-order chi connectivity index (χ0) is 17.2. The Labute approximate surface area is 144 Å². The molecule has 0 amide bonds. The number of furan rings is 1. The standard InChI is InChI=1S/C16H19N7O2/c1-11-9-13(19-16(17)18-11)23-6-4-22(5-7-23)10-14-20-21-15(25-14)12-3-2-8-24-12/h2-3,8-9H,4-7,10H2,1H3,(H2,17,18,19). The van der Waals surface area contributed by atoms with Crippen LogP contribution < -0.4 is 10.6 Å². The summed E-state index contributed by atoms with van der Waals surface area (Å²) in [5.41, 5.74) is 6.62. The average molecular weight is 341 g/mol. The maximum Gasteiger partial charge on any atom is 0.283 e. The van der Waals surface area contributed by atoms with Crippen LogP contribution in [-0.4, -0.2) is 51.2 Å². The Morgan fingerprint density at radius 2 is 2.00 bits per heavy atom. The lowest BCUT2D eigenvalue weighted by Crippen LogP contribution is -2.46. The largest absolute Gasteiger partial charge is 0.459 e.